The first-order valence-corrected chi connectivity index (χ1v) is 4.74. The Balaban J connectivity index is 2.71. The van der Waals surface area contributed by atoms with E-state index in [-0.39, 0.29) is 5.82 Å². The van der Waals surface area contributed by atoms with Gasteiger partial charge in [0.1, 0.15) is 5.82 Å². The number of halogens is 4. The van der Waals surface area contributed by atoms with Crippen molar-refractivity contribution < 1.29 is 37.2 Å². The Bertz CT molecular complexity index is 399. The summed E-state index contributed by atoms with van der Waals surface area (Å²) in [6.45, 7) is -1.55. The summed E-state index contributed by atoms with van der Waals surface area (Å²) in [4.78, 5) is 10.2. The predicted octanol–water partition coefficient (Wildman–Crippen LogP) is 0.108. The summed E-state index contributed by atoms with van der Waals surface area (Å²) >= 11 is 0. The molecule has 0 amide bonds. The van der Waals surface area contributed by atoms with Crippen molar-refractivity contribution in [1.29, 1.82) is 0 Å². The fourth-order valence-corrected chi connectivity index (χ4v) is 0.866. The summed E-state index contributed by atoms with van der Waals surface area (Å²) in [5.74, 6) is -0.0532. The summed E-state index contributed by atoms with van der Waals surface area (Å²) in [6.07, 6.45) is -8.20. The van der Waals surface area contributed by atoms with Crippen LogP contribution in [0.15, 0.2) is 0 Å². The van der Waals surface area contributed by atoms with Crippen molar-refractivity contribution in [1.82, 2.24) is 15.0 Å². The molecule has 0 spiro atoms. The van der Waals surface area contributed by atoms with Crippen LogP contribution in [0.25, 0.3) is 0 Å². The van der Waals surface area contributed by atoms with Crippen LogP contribution in [0, 0.1) is 6.92 Å². The van der Waals surface area contributed by atoms with Crippen molar-refractivity contribution in [2.45, 2.75) is 19.1 Å². The van der Waals surface area contributed by atoms with Crippen LogP contribution in [0.1, 0.15) is 5.82 Å². The lowest BCUT2D eigenvalue weighted by atomic mass is 10.6. The lowest BCUT2D eigenvalue weighted by Gasteiger charge is -2.12. The first-order chi connectivity index (χ1) is 8.55. The number of hydrogen-bond donors (Lipinski definition) is 2. The highest BCUT2D eigenvalue weighted by atomic mass is 19.3. The van der Waals surface area contributed by atoms with Crippen molar-refractivity contribution >= 4 is 0 Å². The van der Waals surface area contributed by atoms with Crippen LogP contribution in [0.4, 0.5) is 17.6 Å². The van der Waals surface area contributed by atoms with E-state index in [9.17, 15) is 17.6 Å². The molecule has 1 aromatic rings. The van der Waals surface area contributed by atoms with Crippen molar-refractivity contribution in [3.8, 4) is 12.0 Å². The minimum absolute atomic E-state index is 0.0532. The first kappa shape index (κ1) is 15.3. The normalized spacial score (nSPS) is 12.4. The summed E-state index contributed by atoms with van der Waals surface area (Å²) in [7, 11) is 0. The lowest BCUT2D eigenvalue weighted by molar-refractivity contribution is -0.218. The van der Waals surface area contributed by atoms with Gasteiger partial charge in [0, 0.05) is 0 Å². The highest BCUT2D eigenvalue weighted by Crippen LogP contribution is 2.15. The fraction of sp³-hybridized carbons (Fsp3) is 0.625. The van der Waals surface area contributed by atoms with E-state index in [4.69, 9.17) is 10.2 Å². The number of nitrogens with zero attached hydrogens (tertiary/aromatic N) is 3. The maximum atomic E-state index is 12.1. The molecule has 0 radical (unpaired) electrons. The van der Waals surface area contributed by atoms with Gasteiger partial charge in [-0.2, -0.15) is 27.5 Å². The molecule has 0 aliphatic heterocycles. The van der Waals surface area contributed by atoms with Crippen LogP contribution < -0.4 is 9.47 Å². The zero-order valence-corrected chi connectivity index (χ0v) is 9.48. The molecule has 7 nitrogen and oxygen atoms in total. The predicted molar refractivity (Wildman–Crippen MR) is 49.9 cm³/mol. The summed E-state index contributed by atoms with van der Waals surface area (Å²) in [5.41, 5.74) is 0. The molecule has 0 aromatic carbocycles. The second-order valence-electron chi connectivity index (χ2n) is 3.36. The fourth-order valence-electron chi connectivity index (χ4n) is 0.866. The van der Waals surface area contributed by atoms with Crippen LogP contribution in [0.5, 0.6) is 12.0 Å². The van der Waals surface area contributed by atoms with E-state index >= 15 is 0 Å². The van der Waals surface area contributed by atoms with Crippen LogP contribution in [-0.2, 0) is 0 Å². The maximum Gasteiger partial charge on any atom is 0.387 e. The Morgan fingerprint density at radius 1 is 0.895 bits per heavy atom. The summed E-state index contributed by atoms with van der Waals surface area (Å²) < 4.78 is 57.1. The zero-order chi connectivity index (χ0) is 14.7. The highest BCUT2D eigenvalue weighted by molar-refractivity contribution is 5.04. The number of aromatic nitrogens is 3. The van der Waals surface area contributed by atoms with E-state index < -0.39 is 37.5 Å². The standard InChI is InChI=1S/C8H9F4N3O4/c1-4-13-5(18-2-7(9,10)16)15-6(14-4)19-3-8(11,12)17/h16-17H,2-3H2,1H3. The minimum atomic E-state index is -4.10. The molecule has 0 fully saturated rings. The molecular formula is C8H9F4N3O4. The molecule has 0 aliphatic rings. The van der Waals surface area contributed by atoms with Crippen LogP contribution >= 0.6 is 0 Å². The van der Waals surface area contributed by atoms with E-state index in [1.54, 1.807) is 0 Å². The molecule has 0 saturated carbocycles. The van der Waals surface area contributed by atoms with E-state index in [1.807, 2.05) is 0 Å². The Labute approximate surface area is 103 Å². The van der Waals surface area contributed by atoms with Gasteiger partial charge in [0.15, 0.2) is 13.2 Å². The number of aryl methyl sites for hydroxylation is 1. The second kappa shape index (κ2) is 5.48. The van der Waals surface area contributed by atoms with Gasteiger partial charge in [-0.15, -0.1) is 4.98 Å². The van der Waals surface area contributed by atoms with Gasteiger partial charge in [-0.3, -0.25) is 0 Å². The average Bonchev–Trinajstić information content (AvgIpc) is 2.21. The Hall–Kier alpha value is -1.75. The number of ether oxygens (including phenoxy) is 2. The molecule has 1 aromatic heterocycles. The molecule has 1 heterocycles. The van der Waals surface area contributed by atoms with Gasteiger partial charge < -0.3 is 19.7 Å². The smallest absolute Gasteiger partial charge is 0.387 e. The molecule has 1 rings (SSSR count). The molecule has 0 atom stereocenters. The third-order valence-corrected chi connectivity index (χ3v) is 1.46. The number of alkyl halides is 4. The average molecular weight is 287 g/mol. The Morgan fingerprint density at radius 3 is 1.58 bits per heavy atom. The third-order valence-electron chi connectivity index (χ3n) is 1.46. The van der Waals surface area contributed by atoms with Gasteiger partial charge in [-0.25, -0.2) is 0 Å². The Kier molecular flexibility index (Phi) is 4.42. The number of aliphatic hydroxyl groups is 2. The van der Waals surface area contributed by atoms with Crippen molar-refractivity contribution in [3.05, 3.63) is 5.82 Å². The maximum absolute atomic E-state index is 12.1. The van der Waals surface area contributed by atoms with Crippen molar-refractivity contribution in [2.24, 2.45) is 0 Å². The van der Waals surface area contributed by atoms with Gasteiger partial charge in [0.25, 0.3) is 0 Å². The molecule has 0 unspecified atom stereocenters. The Morgan fingerprint density at radius 2 is 1.26 bits per heavy atom. The van der Waals surface area contributed by atoms with Crippen LogP contribution in [0.3, 0.4) is 0 Å². The molecule has 11 heteroatoms. The van der Waals surface area contributed by atoms with Gasteiger partial charge in [0.2, 0.25) is 0 Å². The third kappa shape index (κ3) is 6.67. The molecule has 0 saturated heterocycles. The monoisotopic (exact) mass is 287 g/mol. The van der Waals surface area contributed by atoms with Crippen molar-refractivity contribution in [2.75, 3.05) is 13.2 Å². The quantitative estimate of drug-likeness (QED) is 0.716. The molecule has 0 aliphatic carbocycles. The SMILES string of the molecule is Cc1nc(OCC(O)(F)F)nc(OCC(O)(F)F)n1. The topological polar surface area (TPSA) is 97.6 Å². The minimum Gasteiger partial charge on any atom is -0.454 e. The van der Waals surface area contributed by atoms with Crippen LogP contribution in [-0.4, -0.2) is 50.6 Å². The van der Waals surface area contributed by atoms with Gasteiger partial charge in [-0.1, -0.05) is 0 Å². The van der Waals surface area contributed by atoms with Gasteiger partial charge in [-0.05, 0) is 6.92 Å². The molecule has 2 N–H and O–H groups in total. The first-order valence-electron chi connectivity index (χ1n) is 4.74. The second-order valence-corrected chi connectivity index (χ2v) is 3.36. The lowest BCUT2D eigenvalue weighted by Crippen LogP contribution is -2.26. The molecular weight excluding hydrogens is 278 g/mol. The van der Waals surface area contributed by atoms with Crippen molar-refractivity contribution in [3.63, 3.8) is 0 Å². The highest BCUT2D eigenvalue weighted by Gasteiger charge is 2.27. The van der Waals surface area contributed by atoms with Gasteiger partial charge >= 0.3 is 24.2 Å². The van der Waals surface area contributed by atoms with Crippen LogP contribution in [0.2, 0.25) is 0 Å². The summed E-state index contributed by atoms with van der Waals surface area (Å²) in [6, 6.07) is -1.28. The number of rotatable bonds is 6. The van der Waals surface area contributed by atoms with E-state index in [0.717, 1.165) is 0 Å². The molecule has 19 heavy (non-hydrogen) atoms. The number of hydrogen-bond acceptors (Lipinski definition) is 7. The van der Waals surface area contributed by atoms with E-state index in [2.05, 4.69) is 24.4 Å². The van der Waals surface area contributed by atoms with E-state index in [1.165, 1.54) is 6.92 Å². The molecule has 108 valence electrons. The van der Waals surface area contributed by atoms with E-state index in [0.29, 0.717) is 0 Å². The summed E-state index contributed by atoms with van der Waals surface area (Å²) in [5, 5.41) is 16.3. The zero-order valence-electron chi connectivity index (χ0n) is 9.48. The molecule has 0 bridgehead atoms. The largest absolute Gasteiger partial charge is 0.454 e. The van der Waals surface area contributed by atoms with Gasteiger partial charge in [0.05, 0.1) is 0 Å².